The first-order valence-corrected chi connectivity index (χ1v) is 12.6. The summed E-state index contributed by atoms with van der Waals surface area (Å²) >= 11 is 0. The van der Waals surface area contributed by atoms with Gasteiger partial charge in [-0.2, -0.15) is 5.26 Å². The molecule has 1 aromatic carbocycles. The molecule has 9 nitrogen and oxygen atoms in total. The standard InChI is InChI=1S/C26H35N7O2/c1-26(32-9-5-8-21(28)18-32)22(16-27)23-24(33(26)17-20-6-3-2-4-7-20)25(34)31(19-29-23)11-10-30-12-14-35-15-13-30/h2-4,6-7,19,21-22H,5,8-15,17-18,28H2,1H3/t21-,22?,26?/m0/s1. The number of morpholine rings is 1. The van der Waals surface area contributed by atoms with Crippen molar-refractivity contribution in [2.24, 2.45) is 5.73 Å². The number of anilines is 1. The number of hydrogen-bond donors (Lipinski definition) is 1. The predicted molar refractivity (Wildman–Crippen MR) is 134 cm³/mol. The van der Waals surface area contributed by atoms with Crippen molar-refractivity contribution in [3.05, 3.63) is 58.3 Å². The molecule has 1 aromatic heterocycles. The fraction of sp³-hybridized carbons (Fsp3) is 0.577. The van der Waals surface area contributed by atoms with Crippen molar-refractivity contribution in [3.8, 4) is 6.07 Å². The lowest BCUT2D eigenvalue weighted by atomic mass is 9.90. The van der Waals surface area contributed by atoms with Crippen molar-refractivity contribution >= 4 is 5.69 Å². The van der Waals surface area contributed by atoms with Gasteiger partial charge in [-0.25, -0.2) is 4.98 Å². The molecule has 2 fully saturated rings. The van der Waals surface area contributed by atoms with Crippen molar-refractivity contribution in [2.45, 2.75) is 50.5 Å². The zero-order valence-electron chi connectivity index (χ0n) is 20.5. The molecule has 4 heterocycles. The van der Waals surface area contributed by atoms with Crippen molar-refractivity contribution < 1.29 is 4.74 Å². The van der Waals surface area contributed by atoms with Crippen molar-refractivity contribution in [1.29, 1.82) is 5.26 Å². The first kappa shape index (κ1) is 23.9. The first-order valence-electron chi connectivity index (χ1n) is 12.6. The van der Waals surface area contributed by atoms with E-state index in [0.717, 1.165) is 57.8 Å². The van der Waals surface area contributed by atoms with Crippen LogP contribution in [0.3, 0.4) is 0 Å². The van der Waals surface area contributed by atoms with E-state index >= 15 is 0 Å². The Morgan fingerprint density at radius 3 is 2.69 bits per heavy atom. The molecule has 5 rings (SSSR count). The lowest BCUT2D eigenvalue weighted by Gasteiger charge is -2.49. The maximum atomic E-state index is 13.9. The van der Waals surface area contributed by atoms with Gasteiger partial charge in [0.1, 0.15) is 17.3 Å². The SMILES string of the molecule is CC1(N2CCC[C@H](N)C2)C(C#N)c2ncn(CCN3CCOCC3)c(=O)c2N1Cc1ccccc1. The Morgan fingerprint density at radius 2 is 1.97 bits per heavy atom. The van der Waals surface area contributed by atoms with Crippen LogP contribution in [0.2, 0.25) is 0 Å². The average Bonchev–Trinajstić information content (AvgIpc) is 3.13. The molecule has 35 heavy (non-hydrogen) atoms. The molecule has 0 bridgehead atoms. The Balaban J connectivity index is 1.54. The van der Waals surface area contributed by atoms with Crippen molar-refractivity contribution in [1.82, 2.24) is 19.4 Å². The summed E-state index contributed by atoms with van der Waals surface area (Å²) in [5.74, 6) is -0.548. The van der Waals surface area contributed by atoms with Gasteiger partial charge < -0.3 is 15.4 Å². The summed E-state index contributed by atoms with van der Waals surface area (Å²) in [6.07, 6.45) is 3.57. The van der Waals surface area contributed by atoms with E-state index in [9.17, 15) is 10.1 Å². The smallest absolute Gasteiger partial charge is 0.277 e. The Hall–Kier alpha value is -2.77. The van der Waals surface area contributed by atoms with E-state index in [1.54, 1.807) is 10.9 Å². The second kappa shape index (κ2) is 10.1. The number of piperidine rings is 1. The molecule has 3 aliphatic heterocycles. The highest BCUT2D eigenvalue weighted by Gasteiger charge is 2.55. The third-order valence-corrected chi connectivity index (χ3v) is 7.85. The van der Waals surface area contributed by atoms with Gasteiger partial charge in [-0.1, -0.05) is 30.3 Å². The van der Waals surface area contributed by atoms with E-state index in [2.05, 4.69) is 39.8 Å². The Bertz CT molecular complexity index is 1120. The number of fused-ring (bicyclic) bond motifs is 1. The lowest BCUT2D eigenvalue weighted by molar-refractivity contribution is 0.0362. The monoisotopic (exact) mass is 477 g/mol. The van der Waals surface area contributed by atoms with Crippen LogP contribution in [-0.4, -0.2) is 77.0 Å². The molecule has 186 valence electrons. The number of nitriles is 1. The molecule has 3 aliphatic rings. The molecule has 0 aliphatic carbocycles. The molecule has 0 radical (unpaired) electrons. The normalized spacial score (nSPS) is 27.5. The highest BCUT2D eigenvalue weighted by Crippen LogP contribution is 2.48. The van der Waals surface area contributed by atoms with Crippen molar-refractivity contribution in [3.63, 3.8) is 0 Å². The zero-order valence-corrected chi connectivity index (χ0v) is 20.5. The summed E-state index contributed by atoms with van der Waals surface area (Å²) in [6.45, 7) is 8.66. The lowest BCUT2D eigenvalue weighted by Crippen LogP contribution is -2.63. The van der Waals surface area contributed by atoms with Crippen LogP contribution >= 0.6 is 0 Å². The molecular formula is C26H35N7O2. The summed E-state index contributed by atoms with van der Waals surface area (Å²) < 4.78 is 7.15. The summed E-state index contributed by atoms with van der Waals surface area (Å²) in [4.78, 5) is 25.4. The van der Waals surface area contributed by atoms with Crippen molar-refractivity contribution in [2.75, 3.05) is 50.8 Å². The van der Waals surface area contributed by atoms with Gasteiger partial charge >= 0.3 is 0 Å². The summed E-state index contributed by atoms with van der Waals surface area (Å²) in [7, 11) is 0. The van der Waals surface area contributed by atoms with Crippen LogP contribution in [-0.2, 0) is 17.8 Å². The van der Waals surface area contributed by atoms with Gasteiger partial charge in [-0.3, -0.25) is 19.2 Å². The number of likely N-dealkylation sites (tertiary alicyclic amines) is 1. The van der Waals surface area contributed by atoms with E-state index in [1.807, 2.05) is 18.2 Å². The number of nitrogens with two attached hydrogens (primary N) is 1. The zero-order chi connectivity index (χ0) is 24.4. The maximum absolute atomic E-state index is 13.9. The fourth-order valence-electron chi connectivity index (χ4n) is 5.79. The Kier molecular flexibility index (Phi) is 6.89. The van der Waals surface area contributed by atoms with Crippen LogP contribution in [0, 0.1) is 11.3 Å². The molecule has 2 aromatic rings. The van der Waals surface area contributed by atoms with Gasteiger partial charge in [0.15, 0.2) is 0 Å². The van der Waals surface area contributed by atoms with E-state index in [4.69, 9.17) is 15.5 Å². The third-order valence-electron chi connectivity index (χ3n) is 7.85. The highest BCUT2D eigenvalue weighted by molar-refractivity contribution is 5.62. The predicted octanol–water partition coefficient (Wildman–Crippen LogP) is 1.34. The minimum atomic E-state index is -0.708. The topological polar surface area (TPSA) is 104 Å². The Morgan fingerprint density at radius 1 is 1.20 bits per heavy atom. The number of rotatable bonds is 6. The molecule has 0 saturated carbocycles. The van der Waals surface area contributed by atoms with Crippen LogP contribution in [0.1, 0.15) is 36.9 Å². The summed E-state index contributed by atoms with van der Waals surface area (Å²) in [6, 6.07) is 12.7. The molecule has 9 heteroatoms. The minimum Gasteiger partial charge on any atom is -0.379 e. The number of benzene rings is 1. The summed E-state index contributed by atoms with van der Waals surface area (Å²) in [5, 5.41) is 10.4. The fourth-order valence-corrected chi connectivity index (χ4v) is 5.79. The van der Waals surface area contributed by atoms with Crippen LogP contribution in [0.5, 0.6) is 0 Å². The van der Waals surface area contributed by atoms with Crippen LogP contribution < -0.4 is 16.2 Å². The molecule has 3 atom stereocenters. The third kappa shape index (κ3) is 4.47. The van der Waals surface area contributed by atoms with Gasteiger partial charge in [-0.15, -0.1) is 0 Å². The van der Waals surface area contributed by atoms with E-state index in [0.29, 0.717) is 31.0 Å². The molecule has 2 unspecified atom stereocenters. The number of aromatic nitrogens is 2. The second-order valence-corrected chi connectivity index (χ2v) is 10.0. The molecule has 2 saturated heterocycles. The van der Waals surface area contributed by atoms with E-state index < -0.39 is 11.6 Å². The minimum absolute atomic E-state index is 0.0559. The van der Waals surface area contributed by atoms with Crippen LogP contribution in [0.4, 0.5) is 5.69 Å². The van der Waals surface area contributed by atoms with Crippen LogP contribution in [0.15, 0.2) is 41.5 Å². The van der Waals surface area contributed by atoms with Gasteiger partial charge in [0, 0.05) is 51.9 Å². The second-order valence-electron chi connectivity index (χ2n) is 10.0. The summed E-state index contributed by atoms with van der Waals surface area (Å²) in [5.41, 5.74) is 7.80. The van der Waals surface area contributed by atoms with Crippen LogP contribution in [0.25, 0.3) is 0 Å². The highest BCUT2D eigenvalue weighted by atomic mass is 16.5. The number of nitrogens with zero attached hydrogens (tertiary/aromatic N) is 6. The molecular weight excluding hydrogens is 442 g/mol. The average molecular weight is 478 g/mol. The largest absolute Gasteiger partial charge is 0.379 e. The Labute approximate surface area is 206 Å². The maximum Gasteiger partial charge on any atom is 0.277 e. The van der Waals surface area contributed by atoms with Gasteiger partial charge in [-0.05, 0) is 25.3 Å². The van der Waals surface area contributed by atoms with E-state index in [-0.39, 0.29) is 11.6 Å². The first-order chi connectivity index (χ1) is 17.0. The van der Waals surface area contributed by atoms with Gasteiger partial charge in [0.05, 0.1) is 31.3 Å². The van der Waals surface area contributed by atoms with Gasteiger partial charge in [0.2, 0.25) is 0 Å². The molecule has 0 amide bonds. The molecule has 2 N–H and O–H groups in total. The van der Waals surface area contributed by atoms with E-state index in [1.165, 1.54) is 0 Å². The number of ether oxygens (including phenoxy) is 1. The quantitative estimate of drug-likeness (QED) is 0.665. The van der Waals surface area contributed by atoms with Gasteiger partial charge in [0.25, 0.3) is 5.56 Å². The number of hydrogen-bond acceptors (Lipinski definition) is 8. The molecule has 0 spiro atoms.